The molecule has 6 heteroatoms. The van der Waals surface area contributed by atoms with Gasteiger partial charge >= 0.3 is 0 Å². The Labute approximate surface area is 392 Å². The monoisotopic (exact) mass is 1010 g/mol. The molecular formula is C58H51N4OPt-3. The molecule has 0 fully saturated rings. The summed E-state index contributed by atoms with van der Waals surface area (Å²) in [5.74, 6) is 2.05. The molecule has 2 aromatic heterocycles. The Kier molecular flexibility index (Phi) is 11.1. The summed E-state index contributed by atoms with van der Waals surface area (Å²) in [6, 6.07) is 67.5. The van der Waals surface area contributed by atoms with E-state index in [1.165, 1.54) is 27.8 Å². The van der Waals surface area contributed by atoms with Crippen molar-refractivity contribution in [1.29, 1.82) is 0 Å². The molecule has 3 heterocycles. The summed E-state index contributed by atoms with van der Waals surface area (Å²) in [5.41, 5.74) is 11.9. The van der Waals surface area contributed by atoms with Crippen molar-refractivity contribution in [3.63, 3.8) is 0 Å². The Hall–Kier alpha value is -6.42. The molecule has 0 amide bonds. The molecule has 0 radical (unpaired) electrons. The second-order valence-electron chi connectivity index (χ2n) is 18.7. The normalized spacial score (nSPS) is 13.0. The van der Waals surface area contributed by atoms with Gasteiger partial charge in [-0.05, 0) is 81.1 Å². The summed E-state index contributed by atoms with van der Waals surface area (Å²) < 4.78 is 8.86. The Morgan fingerprint density at radius 1 is 0.500 bits per heavy atom. The molecule has 0 aliphatic carbocycles. The van der Waals surface area contributed by atoms with Gasteiger partial charge in [-0.25, -0.2) is 4.98 Å². The van der Waals surface area contributed by atoms with Crippen LogP contribution in [0.5, 0.6) is 11.5 Å². The Bertz CT molecular complexity index is 3130. The van der Waals surface area contributed by atoms with Gasteiger partial charge in [0.1, 0.15) is 5.82 Å². The van der Waals surface area contributed by atoms with E-state index in [-0.39, 0.29) is 37.3 Å². The molecule has 0 spiro atoms. The summed E-state index contributed by atoms with van der Waals surface area (Å²) in [6.07, 6.45) is 1.90. The van der Waals surface area contributed by atoms with Gasteiger partial charge in [0, 0.05) is 72.2 Å². The number of anilines is 4. The van der Waals surface area contributed by atoms with E-state index in [9.17, 15) is 0 Å². The van der Waals surface area contributed by atoms with Crippen LogP contribution < -0.4 is 14.5 Å². The molecule has 9 aromatic rings. The second-order valence-corrected chi connectivity index (χ2v) is 18.7. The molecule has 0 saturated carbocycles. The van der Waals surface area contributed by atoms with Crippen molar-refractivity contribution in [3.8, 4) is 17.3 Å². The number of nitrogens with zero attached hydrogens (tertiary/aromatic N) is 4. The predicted octanol–water partition coefficient (Wildman–Crippen LogP) is 14.9. The van der Waals surface area contributed by atoms with E-state index < -0.39 is 0 Å². The average molecular weight is 1020 g/mol. The number of hydrogen-bond acceptors (Lipinski definition) is 4. The van der Waals surface area contributed by atoms with E-state index in [1.54, 1.807) is 0 Å². The molecule has 0 saturated heterocycles. The molecule has 7 aromatic carbocycles. The van der Waals surface area contributed by atoms with E-state index in [0.29, 0.717) is 11.5 Å². The summed E-state index contributed by atoms with van der Waals surface area (Å²) in [4.78, 5) is 9.39. The topological polar surface area (TPSA) is 33.5 Å². The van der Waals surface area contributed by atoms with E-state index in [1.807, 2.05) is 24.4 Å². The third kappa shape index (κ3) is 7.71. The standard InChI is InChI=1S/C58H51N4O.Pt/c1-56(2,3)42-32-33-59-55(36-42)62-51-27-15-14-26-49(51)50-30-29-48(38-53(50)62)63-47-25-17-24-46(37-47)60-39-61(45-23-16-22-43(34-45)57(4,5)40-18-10-8-11-19-40)54-35-44(28-31-52(54)60)58(6,7)41-20-12-9-13-21-41;/h8-36,39H,1-7H3;/q-3;. The first-order valence-electron chi connectivity index (χ1n) is 21.8. The zero-order valence-electron chi connectivity index (χ0n) is 37.3. The summed E-state index contributed by atoms with van der Waals surface area (Å²) >= 11 is 0. The molecule has 0 N–H and O–H groups in total. The van der Waals surface area contributed by atoms with Crippen molar-refractivity contribution < 1.29 is 25.8 Å². The average Bonchev–Trinajstić information content (AvgIpc) is 3.85. The maximum absolute atomic E-state index is 6.66. The number of pyridine rings is 1. The molecule has 0 bridgehead atoms. The van der Waals surface area contributed by atoms with Crippen LogP contribution in [0.2, 0.25) is 0 Å². The second kappa shape index (κ2) is 16.6. The fourth-order valence-corrected chi connectivity index (χ4v) is 8.97. The van der Waals surface area contributed by atoms with Crippen LogP contribution in [0.3, 0.4) is 0 Å². The predicted molar refractivity (Wildman–Crippen MR) is 260 cm³/mol. The zero-order chi connectivity index (χ0) is 43.5. The molecule has 0 unspecified atom stereocenters. The van der Waals surface area contributed by atoms with Crippen molar-refractivity contribution in [3.05, 3.63) is 223 Å². The maximum Gasteiger partial charge on any atom is 0.135 e. The Morgan fingerprint density at radius 2 is 1.14 bits per heavy atom. The fourth-order valence-electron chi connectivity index (χ4n) is 8.97. The van der Waals surface area contributed by atoms with Crippen LogP contribution in [0.15, 0.2) is 176 Å². The first-order valence-corrected chi connectivity index (χ1v) is 21.8. The van der Waals surface area contributed by atoms with Crippen molar-refractivity contribution in [2.24, 2.45) is 0 Å². The molecular weight excluding hydrogens is 964 g/mol. The number of hydrogen-bond donors (Lipinski definition) is 0. The Balaban J connectivity index is 0.00000518. The van der Waals surface area contributed by atoms with Crippen molar-refractivity contribution in [2.45, 2.75) is 64.7 Å². The van der Waals surface area contributed by atoms with E-state index in [2.05, 4.69) is 233 Å². The van der Waals surface area contributed by atoms with Gasteiger partial charge in [0.2, 0.25) is 0 Å². The number of aromatic nitrogens is 2. The molecule has 1 aliphatic heterocycles. The van der Waals surface area contributed by atoms with Gasteiger partial charge in [0.25, 0.3) is 0 Å². The third-order valence-corrected chi connectivity index (χ3v) is 12.9. The van der Waals surface area contributed by atoms with Crippen LogP contribution in [0.25, 0.3) is 27.6 Å². The van der Waals surface area contributed by atoms with Gasteiger partial charge in [-0.15, -0.1) is 48.1 Å². The largest absolute Gasteiger partial charge is 0.509 e. The molecule has 1 aliphatic rings. The molecule has 10 rings (SSSR count). The quantitative estimate of drug-likeness (QED) is 0.135. The van der Waals surface area contributed by atoms with E-state index in [0.717, 1.165) is 50.4 Å². The van der Waals surface area contributed by atoms with E-state index in [4.69, 9.17) is 9.72 Å². The first-order chi connectivity index (χ1) is 30.4. The zero-order valence-corrected chi connectivity index (χ0v) is 39.6. The minimum Gasteiger partial charge on any atom is -0.509 e. The van der Waals surface area contributed by atoms with Crippen molar-refractivity contribution in [1.82, 2.24) is 9.55 Å². The number of para-hydroxylation sites is 1. The van der Waals surface area contributed by atoms with Crippen LogP contribution in [0.1, 0.15) is 76.3 Å². The molecule has 322 valence electrons. The third-order valence-electron chi connectivity index (χ3n) is 12.9. The number of benzene rings is 7. The Morgan fingerprint density at radius 3 is 1.86 bits per heavy atom. The fraction of sp³-hybridized carbons (Fsp3) is 0.172. The smallest absolute Gasteiger partial charge is 0.135 e. The first kappa shape index (κ1) is 42.9. The van der Waals surface area contributed by atoms with Crippen molar-refractivity contribution >= 4 is 44.6 Å². The van der Waals surface area contributed by atoms with Crippen LogP contribution >= 0.6 is 0 Å². The minimum atomic E-state index is -0.221. The molecule has 64 heavy (non-hydrogen) atoms. The van der Waals surface area contributed by atoms with Gasteiger partial charge in [-0.1, -0.05) is 151 Å². The van der Waals surface area contributed by atoms with Crippen LogP contribution in [0.4, 0.5) is 22.7 Å². The summed E-state index contributed by atoms with van der Waals surface area (Å²) in [6.45, 7) is 18.1. The van der Waals surface area contributed by atoms with Crippen molar-refractivity contribution in [2.75, 3.05) is 9.80 Å². The maximum atomic E-state index is 6.66. The minimum absolute atomic E-state index is 0. The van der Waals surface area contributed by atoms with E-state index >= 15 is 0 Å². The molecule has 5 nitrogen and oxygen atoms in total. The van der Waals surface area contributed by atoms with Gasteiger partial charge in [0.05, 0.1) is 0 Å². The van der Waals surface area contributed by atoms with Gasteiger partial charge in [-0.3, -0.25) is 0 Å². The number of rotatable bonds is 9. The van der Waals surface area contributed by atoms with Gasteiger partial charge < -0.3 is 19.1 Å². The van der Waals surface area contributed by atoms with Crippen LogP contribution in [0, 0.1) is 18.8 Å². The van der Waals surface area contributed by atoms with Gasteiger partial charge in [-0.2, -0.15) is 12.1 Å². The molecule has 0 atom stereocenters. The van der Waals surface area contributed by atoms with Gasteiger partial charge in [0.15, 0.2) is 0 Å². The summed E-state index contributed by atoms with van der Waals surface area (Å²) in [7, 11) is 0. The number of ether oxygens (including phenoxy) is 1. The van der Waals surface area contributed by atoms with Crippen LogP contribution in [-0.2, 0) is 37.3 Å². The van der Waals surface area contributed by atoms with Crippen LogP contribution in [-0.4, -0.2) is 9.55 Å². The number of fused-ring (bicyclic) bond motifs is 4. The summed E-state index contributed by atoms with van der Waals surface area (Å²) in [5, 5.41) is 2.23. The SMILES string of the molecule is CC(C)(C)c1ccnc(-n2c3[c-]c(Oc4[c-]c(N5[CH-]N(c6cccc(C(C)(C)c7ccccc7)c6)c6cc(C(C)(C)c7ccccc7)ccc65)ccc4)ccc3c3ccccc32)c1.[Pt].